The van der Waals surface area contributed by atoms with E-state index in [2.05, 4.69) is 0 Å². The van der Waals surface area contributed by atoms with Crippen LogP contribution >= 0.6 is 0 Å². The molecule has 0 bridgehead atoms. The van der Waals surface area contributed by atoms with E-state index in [1.54, 1.807) is 19.1 Å². The van der Waals surface area contributed by atoms with E-state index in [0.29, 0.717) is 5.56 Å². The van der Waals surface area contributed by atoms with E-state index >= 15 is 0 Å². The van der Waals surface area contributed by atoms with Gasteiger partial charge >= 0.3 is 17.9 Å². The van der Waals surface area contributed by atoms with Gasteiger partial charge in [0, 0.05) is 30.5 Å². The third kappa shape index (κ3) is 3.36. The largest absolute Gasteiger partial charge is 0.481 e. The highest BCUT2D eigenvalue weighted by Gasteiger charge is 2.57. The maximum atomic E-state index is 13.4. The van der Waals surface area contributed by atoms with Crippen molar-refractivity contribution in [2.45, 2.75) is 32.6 Å². The molecule has 8 heteroatoms. The summed E-state index contributed by atoms with van der Waals surface area (Å²) in [6.07, 6.45) is -0.865. The van der Waals surface area contributed by atoms with Crippen LogP contribution in [0.4, 0.5) is 0 Å². The molecule has 154 valence electrons. The number of Topliss-reactive ketones (excluding diaryl/α,β-unsaturated/α-hetero) is 2. The number of carboxylic acid groups (broad SMARTS) is 1. The van der Waals surface area contributed by atoms with E-state index in [0.717, 1.165) is 13.8 Å². The minimum Gasteiger partial charge on any atom is -0.481 e. The van der Waals surface area contributed by atoms with Crippen LogP contribution in [0.15, 0.2) is 36.4 Å². The predicted octanol–water partition coefficient (Wildman–Crippen LogP) is 2.64. The second kappa shape index (κ2) is 7.55. The maximum absolute atomic E-state index is 13.4. The third-order valence-corrected chi connectivity index (χ3v) is 4.77. The molecule has 0 radical (unpaired) electrons. The van der Waals surface area contributed by atoms with Gasteiger partial charge in [0.1, 0.15) is 5.41 Å². The molecule has 1 N–H and O–H groups in total. The minimum atomic E-state index is -2.17. The van der Waals surface area contributed by atoms with Gasteiger partial charge in [0.15, 0.2) is 23.1 Å². The van der Waals surface area contributed by atoms with Gasteiger partial charge in [0.25, 0.3) is 0 Å². The summed E-state index contributed by atoms with van der Waals surface area (Å²) in [5, 5.41) is 9.57. The Balaban J connectivity index is 2.39. The van der Waals surface area contributed by atoms with Crippen molar-refractivity contribution in [2.24, 2.45) is 0 Å². The lowest BCUT2D eigenvalue weighted by atomic mass is 9.72. The van der Waals surface area contributed by atoms with Crippen LogP contribution in [0.1, 0.15) is 52.1 Å². The molecule has 3 rings (SSSR count). The van der Waals surface area contributed by atoms with Crippen molar-refractivity contribution in [3.63, 3.8) is 0 Å². The lowest BCUT2D eigenvalue weighted by Crippen LogP contribution is -2.41. The Morgan fingerprint density at radius 3 is 1.93 bits per heavy atom. The van der Waals surface area contributed by atoms with Crippen LogP contribution in [0.25, 0.3) is 0 Å². The zero-order valence-electron chi connectivity index (χ0n) is 16.5. The molecule has 0 aliphatic heterocycles. The predicted molar refractivity (Wildman–Crippen MR) is 103 cm³/mol. The third-order valence-electron chi connectivity index (χ3n) is 4.77. The lowest BCUT2D eigenvalue weighted by Gasteiger charge is -2.27. The zero-order valence-corrected chi connectivity index (χ0v) is 16.5. The topological polar surface area (TPSA) is 124 Å². The molecule has 8 nitrogen and oxygen atoms in total. The van der Waals surface area contributed by atoms with Crippen molar-refractivity contribution in [1.82, 2.24) is 0 Å². The second-order valence-electron chi connectivity index (χ2n) is 7.01. The van der Waals surface area contributed by atoms with E-state index in [1.165, 1.54) is 24.3 Å². The summed E-state index contributed by atoms with van der Waals surface area (Å²) in [6, 6.07) is 8.80. The van der Waals surface area contributed by atoms with Crippen molar-refractivity contribution in [1.29, 1.82) is 0 Å². The smallest absolute Gasteiger partial charge is 0.308 e. The van der Waals surface area contributed by atoms with Crippen LogP contribution in [0.3, 0.4) is 0 Å². The van der Waals surface area contributed by atoms with Gasteiger partial charge in [0.2, 0.25) is 0 Å². The van der Waals surface area contributed by atoms with Gasteiger partial charge in [-0.15, -0.1) is 0 Å². The summed E-state index contributed by atoms with van der Waals surface area (Å²) < 4.78 is 10.4. The number of carbonyl (C=O) groups excluding carboxylic acids is 4. The zero-order chi connectivity index (χ0) is 22.2. The minimum absolute atomic E-state index is 0.0769. The van der Waals surface area contributed by atoms with Gasteiger partial charge < -0.3 is 14.6 Å². The van der Waals surface area contributed by atoms with Gasteiger partial charge in [0.05, 0.1) is 6.42 Å². The number of aliphatic carboxylic acids is 1. The fourth-order valence-electron chi connectivity index (χ4n) is 3.71. The van der Waals surface area contributed by atoms with E-state index < -0.39 is 41.3 Å². The standard InChI is InChI=1S/C22H18O8/c1-11-8-16(19(30-13(3)24)17(9-11)29-12(2)23)22(10-18(25)26)20(27)14-6-4-5-7-15(14)21(22)28/h4-9H,10H2,1-3H3,(H,25,26). The highest BCUT2D eigenvalue weighted by molar-refractivity contribution is 6.34. The molecule has 0 spiro atoms. The summed E-state index contributed by atoms with van der Waals surface area (Å²) >= 11 is 0. The number of fused-ring (bicyclic) bond motifs is 1. The first-order valence-corrected chi connectivity index (χ1v) is 9.00. The molecular weight excluding hydrogens is 392 g/mol. The van der Waals surface area contributed by atoms with Gasteiger partial charge in [-0.2, -0.15) is 0 Å². The molecular formula is C22H18O8. The normalized spacial score (nSPS) is 14.2. The Labute approximate surface area is 171 Å². The molecule has 30 heavy (non-hydrogen) atoms. The van der Waals surface area contributed by atoms with E-state index in [1.807, 2.05) is 0 Å². The van der Waals surface area contributed by atoms with Gasteiger partial charge in [-0.05, 0) is 18.6 Å². The Kier molecular flexibility index (Phi) is 5.26. The summed E-state index contributed by atoms with van der Waals surface area (Å²) in [7, 11) is 0. The number of carboxylic acids is 1. The van der Waals surface area contributed by atoms with Crippen molar-refractivity contribution in [2.75, 3.05) is 0 Å². The molecule has 0 saturated carbocycles. The Bertz CT molecular complexity index is 1080. The maximum Gasteiger partial charge on any atom is 0.308 e. The van der Waals surface area contributed by atoms with Gasteiger partial charge in [-0.25, -0.2) is 0 Å². The molecule has 0 aromatic heterocycles. The summed E-state index contributed by atoms with van der Waals surface area (Å²) in [5.41, 5.74) is -1.68. The highest BCUT2D eigenvalue weighted by Crippen LogP contribution is 2.49. The first kappa shape index (κ1) is 20.9. The first-order chi connectivity index (χ1) is 14.1. The van der Waals surface area contributed by atoms with Gasteiger partial charge in [-0.3, -0.25) is 24.0 Å². The van der Waals surface area contributed by atoms with Crippen LogP contribution in [0.5, 0.6) is 11.5 Å². The second-order valence-corrected chi connectivity index (χ2v) is 7.01. The van der Waals surface area contributed by atoms with Crippen LogP contribution in [0.2, 0.25) is 0 Å². The summed E-state index contributed by atoms with van der Waals surface area (Å²) in [5.74, 6) is -4.88. The molecule has 0 saturated heterocycles. The van der Waals surface area contributed by atoms with Crippen LogP contribution in [0, 0.1) is 6.92 Å². The fraction of sp³-hybridized carbons (Fsp3) is 0.227. The van der Waals surface area contributed by atoms with E-state index in [-0.39, 0.29) is 28.2 Å². The SMILES string of the molecule is CC(=O)Oc1cc(C)cc(C2(CC(=O)O)C(=O)c3ccccc3C2=O)c1OC(C)=O. The molecule has 0 fully saturated rings. The molecule has 0 heterocycles. The molecule has 1 aliphatic rings. The monoisotopic (exact) mass is 410 g/mol. The number of carbonyl (C=O) groups is 5. The first-order valence-electron chi connectivity index (χ1n) is 9.00. The Morgan fingerprint density at radius 1 is 0.933 bits per heavy atom. The quantitative estimate of drug-likeness (QED) is 0.453. The number of esters is 2. The van der Waals surface area contributed by atoms with E-state index in [9.17, 15) is 29.1 Å². The number of hydrogen-bond donors (Lipinski definition) is 1. The van der Waals surface area contributed by atoms with Crippen molar-refractivity contribution < 1.29 is 38.6 Å². The number of rotatable bonds is 5. The lowest BCUT2D eigenvalue weighted by molar-refractivity contribution is -0.138. The molecule has 2 aromatic carbocycles. The molecule has 2 aromatic rings. The number of aryl methyl sites for hydroxylation is 1. The van der Waals surface area contributed by atoms with Crippen molar-refractivity contribution in [3.8, 4) is 11.5 Å². The van der Waals surface area contributed by atoms with Crippen molar-refractivity contribution in [3.05, 3.63) is 58.7 Å². The summed E-state index contributed by atoms with van der Waals surface area (Å²) in [6.45, 7) is 3.84. The van der Waals surface area contributed by atoms with Crippen LogP contribution < -0.4 is 9.47 Å². The summed E-state index contributed by atoms with van der Waals surface area (Å²) in [4.78, 5) is 61.9. The number of ether oxygens (including phenoxy) is 2. The van der Waals surface area contributed by atoms with Crippen LogP contribution in [-0.2, 0) is 19.8 Å². The van der Waals surface area contributed by atoms with Crippen LogP contribution in [-0.4, -0.2) is 34.6 Å². The molecule has 0 atom stereocenters. The van der Waals surface area contributed by atoms with Crippen molar-refractivity contribution >= 4 is 29.5 Å². The Hall–Kier alpha value is -3.81. The molecule has 1 aliphatic carbocycles. The number of hydrogen-bond acceptors (Lipinski definition) is 7. The Morgan fingerprint density at radius 2 is 1.47 bits per heavy atom. The van der Waals surface area contributed by atoms with E-state index in [4.69, 9.17) is 9.47 Å². The number of benzene rings is 2. The average Bonchev–Trinajstić information content (AvgIpc) is 2.85. The molecule has 0 amide bonds. The van der Waals surface area contributed by atoms with Gasteiger partial charge in [-0.1, -0.05) is 30.3 Å². The number of ketones is 2. The molecule has 0 unspecified atom stereocenters. The highest BCUT2D eigenvalue weighted by atomic mass is 16.6. The average molecular weight is 410 g/mol. The fourth-order valence-corrected chi connectivity index (χ4v) is 3.71.